The molecule has 1 saturated heterocycles. The van der Waals surface area contributed by atoms with E-state index in [1.54, 1.807) is 55.6 Å². The van der Waals surface area contributed by atoms with Gasteiger partial charge in [0.05, 0.1) is 7.11 Å². The van der Waals surface area contributed by atoms with E-state index in [9.17, 15) is 19.2 Å². The number of hydrogen-bond acceptors (Lipinski definition) is 6. The van der Waals surface area contributed by atoms with Crippen LogP contribution < -0.4 is 20.7 Å². The molecule has 0 spiro atoms. The Balaban J connectivity index is 1.44. The van der Waals surface area contributed by atoms with E-state index in [0.29, 0.717) is 17.0 Å². The molecule has 30 heavy (non-hydrogen) atoms. The van der Waals surface area contributed by atoms with Crippen molar-refractivity contribution in [2.45, 2.75) is 25.5 Å². The van der Waals surface area contributed by atoms with Gasteiger partial charge in [-0.1, -0.05) is 12.1 Å². The summed E-state index contributed by atoms with van der Waals surface area (Å²) in [6, 6.07) is 12.4. The van der Waals surface area contributed by atoms with Crippen molar-refractivity contribution in [3.8, 4) is 5.75 Å². The number of urea groups is 1. The zero-order valence-electron chi connectivity index (χ0n) is 16.3. The number of rotatable bonds is 8. The summed E-state index contributed by atoms with van der Waals surface area (Å²) in [5, 5.41) is 7.31. The number of hydrogen-bond donors (Lipinski definition) is 3. The minimum atomic E-state index is -0.714. The highest BCUT2D eigenvalue weighted by Crippen LogP contribution is 2.16. The smallest absolute Gasteiger partial charge is 0.322 e. The van der Waals surface area contributed by atoms with E-state index in [1.807, 2.05) is 0 Å². The second-order valence-electron chi connectivity index (χ2n) is 6.59. The Morgan fingerprint density at radius 3 is 2.33 bits per heavy atom. The molecule has 0 unspecified atom stereocenters. The van der Waals surface area contributed by atoms with E-state index in [1.165, 1.54) is 0 Å². The van der Waals surface area contributed by atoms with Crippen molar-refractivity contribution in [2.75, 3.05) is 12.4 Å². The van der Waals surface area contributed by atoms with Crippen LogP contribution in [0, 0.1) is 0 Å². The van der Waals surface area contributed by atoms with Crippen LogP contribution in [0.15, 0.2) is 48.5 Å². The Bertz CT molecular complexity index is 940. The topological polar surface area (TPSA) is 123 Å². The number of nitrogens with one attached hydrogen (secondary N) is 3. The van der Waals surface area contributed by atoms with Gasteiger partial charge in [0.1, 0.15) is 18.4 Å². The summed E-state index contributed by atoms with van der Waals surface area (Å²) in [5.41, 5.74) is 1.83. The van der Waals surface area contributed by atoms with Gasteiger partial charge in [-0.3, -0.25) is 19.7 Å². The molecule has 4 amide bonds. The number of methoxy groups -OCH3 is 1. The monoisotopic (exact) mass is 411 g/mol. The van der Waals surface area contributed by atoms with Crippen LogP contribution in [-0.4, -0.2) is 37.0 Å². The first-order valence-electron chi connectivity index (χ1n) is 9.26. The van der Waals surface area contributed by atoms with Crippen molar-refractivity contribution in [1.82, 2.24) is 10.6 Å². The summed E-state index contributed by atoms with van der Waals surface area (Å²) in [6.07, 6.45) is 0.168. The molecule has 0 radical (unpaired) electrons. The third-order valence-electron chi connectivity index (χ3n) is 4.46. The van der Waals surface area contributed by atoms with Gasteiger partial charge in [-0.25, -0.2) is 4.79 Å². The predicted octanol–water partition coefficient (Wildman–Crippen LogP) is 1.98. The normalized spacial score (nSPS) is 15.2. The first-order valence-corrected chi connectivity index (χ1v) is 9.26. The third kappa shape index (κ3) is 5.57. The largest absolute Gasteiger partial charge is 0.497 e. The van der Waals surface area contributed by atoms with Crippen molar-refractivity contribution in [1.29, 1.82) is 0 Å². The van der Waals surface area contributed by atoms with Gasteiger partial charge in [-0.05, 0) is 48.4 Å². The summed E-state index contributed by atoms with van der Waals surface area (Å²) in [5.74, 6) is -0.495. The number of carbonyl (C=O) groups excluding carboxylic acids is 4. The third-order valence-corrected chi connectivity index (χ3v) is 4.46. The van der Waals surface area contributed by atoms with E-state index >= 15 is 0 Å². The molecule has 156 valence electrons. The highest BCUT2D eigenvalue weighted by Gasteiger charge is 2.29. The van der Waals surface area contributed by atoms with Crippen LogP contribution >= 0.6 is 0 Å². The average Bonchev–Trinajstić information content (AvgIpc) is 3.08. The molecule has 0 bridgehead atoms. The molecule has 1 aliphatic rings. The summed E-state index contributed by atoms with van der Waals surface area (Å²) in [6.45, 7) is 0.0441. The molecule has 0 aromatic heterocycles. The van der Waals surface area contributed by atoms with Gasteiger partial charge in [0.15, 0.2) is 0 Å². The van der Waals surface area contributed by atoms with Crippen molar-refractivity contribution in [3.63, 3.8) is 0 Å². The molecule has 2 aromatic rings. The fourth-order valence-corrected chi connectivity index (χ4v) is 2.79. The van der Waals surface area contributed by atoms with Crippen LogP contribution in [0.3, 0.4) is 0 Å². The van der Waals surface area contributed by atoms with E-state index in [4.69, 9.17) is 9.47 Å². The number of esters is 1. The SMILES string of the molecule is COc1ccc(NC(=O)c2ccc(COC(=O)CC[C@@H]3NC(=O)NC3=O)cc2)cc1. The second kappa shape index (κ2) is 9.55. The van der Waals surface area contributed by atoms with E-state index in [0.717, 1.165) is 5.56 Å². The van der Waals surface area contributed by atoms with Crippen molar-refractivity contribution in [3.05, 3.63) is 59.7 Å². The van der Waals surface area contributed by atoms with Gasteiger partial charge in [0.2, 0.25) is 0 Å². The molecule has 2 aromatic carbocycles. The lowest BCUT2D eigenvalue weighted by molar-refractivity contribution is -0.145. The number of anilines is 1. The number of benzene rings is 2. The zero-order chi connectivity index (χ0) is 21.5. The molecule has 9 heteroatoms. The maximum absolute atomic E-state index is 12.3. The Morgan fingerprint density at radius 1 is 1.03 bits per heavy atom. The number of ether oxygens (including phenoxy) is 2. The number of carbonyl (C=O) groups is 4. The quantitative estimate of drug-likeness (QED) is 0.451. The van der Waals surface area contributed by atoms with Gasteiger partial charge in [-0.15, -0.1) is 0 Å². The number of imide groups is 1. The fourth-order valence-electron chi connectivity index (χ4n) is 2.79. The van der Waals surface area contributed by atoms with Crippen LogP contribution in [-0.2, 0) is 20.9 Å². The Morgan fingerprint density at radius 2 is 1.73 bits per heavy atom. The lowest BCUT2D eigenvalue weighted by Crippen LogP contribution is -2.29. The molecule has 3 N–H and O–H groups in total. The maximum atomic E-state index is 12.3. The summed E-state index contributed by atoms with van der Waals surface area (Å²) >= 11 is 0. The fraction of sp³-hybridized carbons (Fsp3) is 0.238. The standard InChI is InChI=1S/C21H21N3O6/c1-29-16-8-6-15(7-9-16)22-19(26)14-4-2-13(3-5-14)12-30-18(25)11-10-17-20(27)24-21(28)23-17/h2-9,17H,10-12H2,1H3,(H,22,26)(H2,23,24,27,28)/t17-/m0/s1. The second-order valence-corrected chi connectivity index (χ2v) is 6.59. The Hall–Kier alpha value is -3.88. The Kier molecular flexibility index (Phi) is 6.63. The molecular formula is C21H21N3O6. The molecule has 1 heterocycles. The van der Waals surface area contributed by atoms with Crippen LogP contribution in [0.4, 0.5) is 10.5 Å². The molecule has 1 atom stereocenters. The van der Waals surface area contributed by atoms with Crippen LogP contribution in [0.2, 0.25) is 0 Å². The van der Waals surface area contributed by atoms with Gasteiger partial charge in [-0.2, -0.15) is 0 Å². The van der Waals surface area contributed by atoms with Gasteiger partial charge in [0.25, 0.3) is 11.8 Å². The number of amides is 4. The van der Waals surface area contributed by atoms with E-state index in [-0.39, 0.29) is 25.4 Å². The first kappa shape index (κ1) is 20.8. The minimum absolute atomic E-state index is 0.000712. The van der Waals surface area contributed by atoms with Crippen molar-refractivity contribution in [2.24, 2.45) is 0 Å². The van der Waals surface area contributed by atoms with E-state index < -0.39 is 23.9 Å². The molecule has 9 nitrogen and oxygen atoms in total. The van der Waals surface area contributed by atoms with Crippen molar-refractivity contribution >= 4 is 29.5 Å². The van der Waals surface area contributed by atoms with Crippen molar-refractivity contribution < 1.29 is 28.7 Å². The highest BCUT2D eigenvalue weighted by molar-refractivity contribution is 6.04. The molecule has 3 rings (SSSR count). The predicted molar refractivity (Wildman–Crippen MR) is 107 cm³/mol. The molecule has 0 saturated carbocycles. The molecule has 1 fully saturated rings. The Labute approximate surface area is 172 Å². The molecule has 0 aliphatic carbocycles. The highest BCUT2D eigenvalue weighted by atomic mass is 16.5. The summed E-state index contributed by atoms with van der Waals surface area (Å²) in [4.78, 5) is 46.6. The van der Waals surface area contributed by atoms with Gasteiger partial charge < -0.3 is 20.1 Å². The van der Waals surface area contributed by atoms with Crippen LogP contribution in [0.5, 0.6) is 5.75 Å². The van der Waals surface area contributed by atoms with Crippen LogP contribution in [0.25, 0.3) is 0 Å². The average molecular weight is 411 g/mol. The van der Waals surface area contributed by atoms with Crippen LogP contribution in [0.1, 0.15) is 28.8 Å². The summed E-state index contributed by atoms with van der Waals surface area (Å²) < 4.78 is 10.3. The zero-order valence-corrected chi connectivity index (χ0v) is 16.3. The maximum Gasteiger partial charge on any atom is 0.322 e. The van der Waals surface area contributed by atoms with Gasteiger partial charge >= 0.3 is 12.0 Å². The lowest BCUT2D eigenvalue weighted by Gasteiger charge is -2.09. The first-order chi connectivity index (χ1) is 14.4. The molecular weight excluding hydrogens is 390 g/mol. The lowest BCUT2D eigenvalue weighted by atomic mass is 10.1. The minimum Gasteiger partial charge on any atom is -0.497 e. The summed E-state index contributed by atoms with van der Waals surface area (Å²) in [7, 11) is 1.57. The van der Waals surface area contributed by atoms with Gasteiger partial charge in [0, 0.05) is 17.7 Å². The molecule has 1 aliphatic heterocycles. The van der Waals surface area contributed by atoms with E-state index in [2.05, 4.69) is 16.0 Å².